The smallest absolute Gasteiger partial charge is 0.335 e. The van der Waals surface area contributed by atoms with E-state index >= 15 is 0 Å². The van der Waals surface area contributed by atoms with Gasteiger partial charge in [0.1, 0.15) is 6.07 Å². The molecule has 0 amide bonds. The van der Waals surface area contributed by atoms with E-state index in [4.69, 9.17) is 20.4 Å². The Morgan fingerprint density at radius 1 is 0.625 bits per heavy atom. The van der Waals surface area contributed by atoms with Crippen molar-refractivity contribution >= 4 is 23.3 Å². The Kier molecular flexibility index (Phi) is 9.29. The van der Waals surface area contributed by atoms with Crippen molar-refractivity contribution in [2.75, 3.05) is 0 Å². The molecule has 3 rings (SSSR count). The van der Waals surface area contributed by atoms with Crippen LogP contribution in [0, 0.1) is 20.2 Å². The summed E-state index contributed by atoms with van der Waals surface area (Å²) < 4.78 is 0. The molecule has 0 bridgehead atoms. The highest BCUT2D eigenvalue weighted by Gasteiger charge is 2.23. The fraction of sp³-hybridized carbons (Fsp3) is 0. The fourth-order valence-electron chi connectivity index (χ4n) is 2.01. The Balaban J connectivity index is 0.000000250. The van der Waals surface area contributed by atoms with E-state index in [1.54, 1.807) is 60.7 Å². The Morgan fingerprint density at radius 3 is 1.16 bits per heavy atom. The van der Waals surface area contributed by atoms with Crippen LogP contribution in [0.3, 0.4) is 0 Å². The van der Waals surface area contributed by atoms with E-state index < -0.39 is 44.7 Å². The van der Waals surface area contributed by atoms with E-state index in [1.807, 2.05) is 0 Å². The summed E-state index contributed by atoms with van der Waals surface area (Å²) in [5, 5.41) is 55.2. The summed E-state index contributed by atoms with van der Waals surface area (Å²) in [5.41, 5.74) is -0.987. The Morgan fingerprint density at radius 2 is 0.938 bits per heavy atom. The second kappa shape index (κ2) is 11.9. The molecule has 0 aliphatic carbocycles. The lowest BCUT2D eigenvalue weighted by molar-refractivity contribution is -0.395. The lowest BCUT2D eigenvalue weighted by Gasteiger charge is -1.98. The van der Waals surface area contributed by atoms with Crippen LogP contribution in [-0.2, 0) is 0 Å². The third-order valence-corrected chi connectivity index (χ3v) is 3.51. The van der Waals surface area contributed by atoms with Crippen LogP contribution >= 0.6 is 0 Å². The normalized spacial score (nSPS) is 9.25. The molecule has 0 saturated heterocycles. The van der Waals surface area contributed by atoms with Crippen LogP contribution in [0.4, 0.5) is 11.4 Å². The summed E-state index contributed by atoms with van der Waals surface area (Å²) in [6, 6.07) is 17.6. The van der Waals surface area contributed by atoms with E-state index in [2.05, 4.69) is 0 Å². The zero-order valence-electron chi connectivity index (χ0n) is 16.1. The van der Waals surface area contributed by atoms with Crippen molar-refractivity contribution in [3.8, 4) is 11.5 Å². The molecule has 3 aromatic carbocycles. The van der Waals surface area contributed by atoms with Gasteiger partial charge < -0.3 is 20.4 Å². The monoisotopic (exact) mass is 444 g/mol. The average molecular weight is 444 g/mol. The molecular formula is C20H16N2O10. The van der Waals surface area contributed by atoms with E-state index in [9.17, 15) is 29.8 Å². The molecule has 4 N–H and O–H groups in total. The standard InChI is InChI=1S/2C7H6O2.C6H4N2O6/c2*8-7(9)6-4-2-1-3-5-6;9-5-2-6(10)4(8(13)14)1-3(5)7(11)12/h2*1-5H,(H,8,9);1-2,9-10H. The zero-order chi connectivity index (χ0) is 24.3. The maximum atomic E-state index is 10.2. The van der Waals surface area contributed by atoms with Crippen LogP contribution in [-0.4, -0.2) is 42.2 Å². The van der Waals surface area contributed by atoms with Gasteiger partial charge in [-0.1, -0.05) is 36.4 Å². The molecule has 0 aliphatic heterocycles. The number of nitro benzene ring substituents is 2. The Labute approximate surface area is 179 Å². The van der Waals surface area contributed by atoms with Crippen LogP contribution in [0.15, 0.2) is 72.8 Å². The molecule has 0 radical (unpaired) electrons. The first-order valence-electron chi connectivity index (χ1n) is 8.46. The summed E-state index contributed by atoms with van der Waals surface area (Å²) in [7, 11) is 0. The lowest BCUT2D eigenvalue weighted by Crippen LogP contribution is -1.93. The number of carboxylic acids is 2. The van der Waals surface area contributed by atoms with Crippen molar-refractivity contribution in [1.82, 2.24) is 0 Å². The topological polar surface area (TPSA) is 201 Å². The Hall–Kier alpha value is -5.00. The lowest BCUT2D eigenvalue weighted by atomic mass is 10.2. The number of nitrogens with zero attached hydrogens (tertiary/aromatic N) is 2. The molecular weight excluding hydrogens is 428 g/mol. The largest absolute Gasteiger partial charge is 0.502 e. The van der Waals surface area contributed by atoms with Crippen molar-refractivity contribution in [2.45, 2.75) is 0 Å². The minimum absolute atomic E-state index is 0.331. The van der Waals surface area contributed by atoms with E-state index in [0.29, 0.717) is 23.3 Å². The number of hydrogen-bond acceptors (Lipinski definition) is 8. The van der Waals surface area contributed by atoms with E-state index in [-0.39, 0.29) is 0 Å². The number of aromatic carboxylic acids is 2. The quantitative estimate of drug-likeness (QED) is 0.339. The van der Waals surface area contributed by atoms with Crippen molar-refractivity contribution < 1.29 is 39.9 Å². The predicted octanol–water partition coefficient (Wildman–Crippen LogP) is 3.68. The van der Waals surface area contributed by atoms with Gasteiger partial charge in [-0.15, -0.1) is 0 Å². The molecule has 0 atom stereocenters. The van der Waals surface area contributed by atoms with Crippen LogP contribution in [0.2, 0.25) is 0 Å². The minimum atomic E-state index is -0.984. The molecule has 3 aromatic rings. The van der Waals surface area contributed by atoms with Gasteiger partial charge in [0.05, 0.1) is 21.0 Å². The van der Waals surface area contributed by atoms with Gasteiger partial charge in [-0.3, -0.25) is 20.2 Å². The number of carboxylic acid groups (broad SMARTS) is 2. The van der Waals surface area contributed by atoms with Gasteiger partial charge in [0.15, 0.2) is 11.5 Å². The predicted molar refractivity (Wildman–Crippen MR) is 110 cm³/mol. The number of carbonyl (C=O) groups is 2. The maximum absolute atomic E-state index is 10.2. The van der Waals surface area contributed by atoms with Gasteiger partial charge in [-0.2, -0.15) is 0 Å². The number of phenolic OH excluding ortho intramolecular Hbond substituents is 2. The van der Waals surface area contributed by atoms with Gasteiger partial charge in [0.25, 0.3) is 0 Å². The highest BCUT2D eigenvalue weighted by atomic mass is 16.6. The molecule has 0 aliphatic rings. The van der Waals surface area contributed by atoms with Gasteiger partial charge >= 0.3 is 23.3 Å². The summed E-state index contributed by atoms with van der Waals surface area (Å²) >= 11 is 0. The third-order valence-electron chi connectivity index (χ3n) is 3.51. The van der Waals surface area contributed by atoms with Crippen molar-refractivity contribution in [1.29, 1.82) is 0 Å². The number of rotatable bonds is 4. The molecule has 0 unspecified atom stereocenters. The number of hydrogen-bond donors (Lipinski definition) is 4. The highest BCUT2D eigenvalue weighted by Crippen LogP contribution is 2.37. The second-order valence-electron chi connectivity index (χ2n) is 5.69. The summed E-state index contributed by atoms with van der Waals surface area (Å²) in [4.78, 5) is 38.9. The third kappa shape index (κ3) is 7.79. The minimum Gasteiger partial charge on any atom is -0.502 e. The molecule has 12 heteroatoms. The van der Waals surface area contributed by atoms with Crippen LogP contribution < -0.4 is 0 Å². The molecule has 0 fully saturated rings. The Bertz CT molecular complexity index is 1020. The van der Waals surface area contributed by atoms with E-state index in [0.717, 1.165) is 0 Å². The fourth-order valence-corrected chi connectivity index (χ4v) is 2.01. The summed E-state index contributed by atoms with van der Waals surface area (Å²) in [6.07, 6.45) is 0. The average Bonchev–Trinajstić information content (AvgIpc) is 2.75. The zero-order valence-corrected chi connectivity index (χ0v) is 16.1. The molecule has 0 spiro atoms. The van der Waals surface area contributed by atoms with Crippen molar-refractivity contribution in [2.24, 2.45) is 0 Å². The van der Waals surface area contributed by atoms with Crippen molar-refractivity contribution in [3.63, 3.8) is 0 Å². The SMILES string of the molecule is O=C(O)c1ccccc1.O=C(O)c1ccccc1.O=[N+]([O-])c1cc([N+](=O)[O-])c(O)cc1O. The van der Waals surface area contributed by atoms with Crippen LogP contribution in [0.1, 0.15) is 20.7 Å². The van der Waals surface area contributed by atoms with Gasteiger partial charge in [-0.05, 0) is 24.3 Å². The first-order valence-corrected chi connectivity index (χ1v) is 8.46. The molecule has 0 heterocycles. The first-order chi connectivity index (χ1) is 15.0. The number of aromatic hydroxyl groups is 2. The molecule has 0 saturated carbocycles. The van der Waals surface area contributed by atoms with Crippen molar-refractivity contribution in [3.05, 3.63) is 104 Å². The number of nitro groups is 2. The highest BCUT2D eigenvalue weighted by molar-refractivity contribution is 5.87. The van der Waals surface area contributed by atoms with Gasteiger partial charge in [-0.25, -0.2) is 9.59 Å². The van der Waals surface area contributed by atoms with Gasteiger partial charge in [0, 0.05) is 6.07 Å². The van der Waals surface area contributed by atoms with Gasteiger partial charge in [0.2, 0.25) is 0 Å². The first kappa shape index (κ1) is 25.0. The summed E-state index contributed by atoms with van der Waals surface area (Å²) in [6.45, 7) is 0. The molecule has 32 heavy (non-hydrogen) atoms. The molecule has 166 valence electrons. The number of phenols is 2. The molecule has 0 aromatic heterocycles. The summed E-state index contributed by atoms with van der Waals surface area (Å²) in [5.74, 6) is -3.40. The van der Waals surface area contributed by atoms with E-state index in [1.165, 1.54) is 0 Å². The second-order valence-corrected chi connectivity index (χ2v) is 5.69. The van der Waals surface area contributed by atoms with Crippen LogP contribution in [0.25, 0.3) is 0 Å². The maximum Gasteiger partial charge on any atom is 0.335 e. The van der Waals surface area contributed by atoms with Crippen LogP contribution in [0.5, 0.6) is 11.5 Å². The number of benzene rings is 3. The molecule has 12 nitrogen and oxygen atoms in total.